The van der Waals surface area contributed by atoms with E-state index >= 15 is 0 Å². The molecule has 0 bridgehead atoms. The number of rotatable bonds is 0. The maximum Gasteiger partial charge on any atom is 0.417 e. The summed E-state index contributed by atoms with van der Waals surface area (Å²) >= 11 is 5.72. The second kappa shape index (κ2) is 3.75. The van der Waals surface area contributed by atoms with Gasteiger partial charge in [-0.3, -0.25) is 0 Å². The summed E-state index contributed by atoms with van der Waals surface area (Å²) in [5.41, 5.74) is -0.286. The number of hydrogen-bond donors (Lipinski definition) is 0. The molecule has 21 heavy (non-hydrogen) atoms. The molecule has 0 radical (unpaired) electrons. The van der Waals surface area contributed by atoms with Crippen molar-refractivity contribution in [2.75, 3.05) is 0 Å². The molecule has 4 rings (SSSR count). The van der Waals surface area contributed by atoms with Gasteiger partial charge in [0, 0.05) is 0 Å². The molecule has 8 nitrogen and oxygen atoms in total. The molecule has 0 fully saturated rings. The molecule has 0 spiro atoms. The van der Waals surface area contributed by atoms with Gasteiger partial charge < -0.3 is 0 Å². The minimum Gasteiger partial charge on any atom is -0.187 e. The van der Waals surface area contributed by atoms with Gasteiger partial charge in [-0.25, -0.2) is 0 Å². The SMILES string of the molecule is FC(F)(F)c1cc2c(cc1Cl)n1nnnc1c1nnnn21. The highest BCUT2D eigenvalue weighted by atomic mass is 35.5. The van der Waals surface area contributed by atoms with Crippen LogP contribution in [-0.4, -0.2) is 40.1 Å². The van der Waals surface area contributed by atoms with E-state index in [1.807, 2.05) is 0 Å². The van der Waals surface area contributed by atoms with Crippen molar-refractivity contribution < 1.29 is 13.2 Å². The Kier molecular flexibility index (Phi) is 2.18. The van der Waals surface area contributed by atoms with Crippen LogP contribution in [0.25, 0.3) is 22.3 Å². The summed E-state index contributed by atoms with van der Waals surface area (Å²) in [4.78, 5) is 0. The maximum absolute atomic E-state index is 13.0. The van der Waals surface area contributed by atoms with E-state index < -0.39 is 16.8 Å². The van der Waals surface area contributed by atoms with E-state index in [4.69, 9.17) is 11.6 Å². The summed E-state index contributed by atoms with van der Waals surface area (Å²) < 4.78 is 41.3. The molecule has 0 saturated carbocycles. The third kappa shape index (κ3) is 1.57. The van der Waals surface area contributed by atoms with Gasteiger partial charge in [-0.2, -0.15) is 22.2 Å². The van der Waals surface area contributed by atoms with Gasteiger partial charge in [-0.1, -0.05) is 11.6 Å². The molecule has 3 aromatic heterocycles. The van der Waals surface area contributed by atoms with Crippen molar-refractivity contribution in [3.63, 3.8) is 0 Å². The summed E-state index contributed by atoms with van der Waals surface area (Å²) in [5, 5.41) is 21.3. The predicted molar refractivity (Wildman–Crippen MR) is 62.6 cm³/mol. The number of halogens is 4. The van der Waals surface area contributed by atoms with Gasteiger partial charge in [-0.15, -0.1) is 10.2 Å². The number of hydrogen-bond acceptors (Lipinski definition) is 6. The lowest BCUT2D eigenvalue weighted by Crippen LogP contribution is -2.08. The van der Waals surface area contributed by atoms with Gasteiger partial charge in [-0.05, 0) is 33.0 Å². The molecule has 4 aromatic rings. The molecular formula is C9H2ClF3N8. The Morgan fingerprint density at radius 1 is 0.905 bits per heavy atom. The molecule has 0 unspecified atom stereocenters. The minimum absolute atomic E-state index is 0.0894. The molecule has 106 valence electrons. The van der Waals surface area contributed by atoms with Crippen LogP contribution in [0.2, 0.25) is 5.02 Å². The molecule has 0 atom stereocenters. The summed E-state index contributed by atoms with van der Waals surface area (Å²) in [7, 11) is 0. The second-order valence-corrected chi connectivity index (χ2v) is 4.55. The minimum atomic E-state index is -4.60. The lowest BCUT2D eigenvalue weighted by molar-refractivity contribution is -0.137. The van der Waals surface area contributed by atoms with Crippen LogP contribution >= 0.6 is 11.6 Å². The first-order valence-corrected chi connectivity index (χ1v) is 5.83. The van der Waals surface area contributed by atoms with Crippen molar-refractivity contribution in [3.8, 4) is 0 Å². The van der Waals surface area contributed by atoms with Crippen molar-refractivity contribution in [1.29, 1.82) is 0 Å². The highest BCUT2D eigenvalue weighted by Gasteiger charge is 2.34. The average molecular weight is 315 g/mol. The maximum atomic E-state index is 13.0. The molecule has 0 aliphatic heterocycles. The highest BCUT2D eigenvalue weighted by molar-refractivity contribution is 6.32. The van der Waals surface area contributed by atoms with E-state index in [-0.39, 0.29) is 22.3 Å². The van der Waals surface area contributed by atoms with Gasteiger partial charge in [0.15, 0.2) is 0 Å². The Hall–Kier alpha value is -2.56. The van der Waals surface area contributed by atoms with Crippen molar-refractivity contribution >= 4 is 33.9 Å². The number of benzene rings is 1. The topological polar surface area (TPSA) is 86.2 Å². The van der Waals surface area contributed by atoms with Crippen LogP contribution in [0.4, 0.5) is 13.2 Å². The molecular weight excluding hydrogens is 313 g/mol. The zero-order valence-corrected chi connectivity index (χ0v) is 10.5. The molecule has 0 amide bonds. The lowest BCUT2D eigenvalue weighted by Gasteiger charge is -2.10. The van der Waals surface area contributed by atoms with E-state index in [0.29, 0.717) is 0 Å². The van der Waals surface area contributed by atoms with Crippen LogP contribution in [-0.2, 0) is 6.18 Å². The number of tetrazole rings is 2. The molecule has 0 aliphatic carbocycles. The molecule has 3 heterocycles. The highest BCUT2D eigenvalue weighted by Crippen LogP contribution is 2.37. The molecule has 1 aromatic carbocycles. The summed E-state index contributed by atoms with van der Waals surface area (Å²) in [6, 6.07) is 1.99. The van der Waals surface area contributed by atoms with Crippen LogP contribution in [0.1, 0.15) is 5.56 Å². The van der Waals surface area contributed by atoms with Gasteiger partial charge in [0.25, 0.3) is 0 Å². The van der Waals surface area contributed by atoms with E-state index in [9.17, 15) is 13.2 Å². The van der Waals surface area contributed by atoms with Crippen molar-refractivity contribution in [2.45, 2.75) is 6.18 Å². The van der Waals surface area contributed by atoms with Crippen LogP contribution in [0.15, 0.2) is 12.1 Å². The van der Waals surface area contributed by atoms with Crippen LogP contribution in [0.3, 0.4) is 0 Å². The average Bonchev–Trinajstić information content (AvgIpc) is 3.05. The van der Waals surface area contributed by atoms with Crippen LogP contribution < -0.4 is 0 Å². The third-order valence-corrected chi connectivity index (χ3v) is 3.28. The fraction of sp³-hybridized carbons (Fsp3) is 0.111. The fourth-order valence-electron chi connectivity index (χ4n) is 2.09. The third-order valence-electron chi connectivity index (χ3n) is 2.97. The van der Waals surface area contributed by atoms with Crippen LogP contribution in [0, 0.1) is 0 Å². The van der Waals surface area contributed by atoms with Gasteiger partial charge in [0.1, 0.15) is 0 Å². The Balaban J connectivity index is 2.28. The first-order valence-electron chi connectivity index (χ1n) is 5.45. The molecule has 0 aliphatic rings. The zero-order valence-electron chi connectivity index (χ0n) is 9.74. The van der Waals surface area contributed by atoms with Crippen molar-refractivity contribution in [1.82, 2.24) is 40.1 Å². The largest absolute Gasteiger partial charge is 0.417 e. The van der Waals surface area contributed by atoms with E-state index in [0.717, 1.165) is 16.6 Å². The van der Waals surface area contributed by atoms with Crippen LogP contribution in [0.5, 0.6) is 0 Å². The van der Waals surface area contributed by atoms with Gasteiger partial charge in [0.2, 0.25) is 11.3 Å². The molecule has 12 heteroatoms. The lowest BCUT2D eigenvalue weighted by atomic mass is 10.2. The Morgan fingerprint density at radius 3 is 1.95 bits per heavy atom. The normalized spacial score (nSPS) is 12.8. The fourth-order valence-corrected chi connectivity index (χ4v) is 2.35. The summed E-state index contributed by atoms with van der Waals surface area (Å²) in [5.74, 6) is 0. The second-order valence-electron chi connectivity index (χ2n) is 4.15. The van der Waals surface area contributed by atoms with Crippen molar-refractivity contribution in [2.24, 2.45) is 0 Å². The summed E-state index contributed by atoms with van der Waals surface area (Å²) in [6.45, 7) is 0. The predicted octanol–water partition coefficient (Wildman–Crippen LogP) is 1.39. The van der Waals surface area contributed by atoms with Crippen molar-refractivity contribution in [3.05, 3.63) is 22.7 Å². The van der Waals surface area contributed by atoms with E-state index in [1.165, 1.54) is 4.52 Å². The first-order chi connectivity index (χ1) is 9.97. The van der Waals surface area contributed by atoms with E-state index in [2.05, 4.69) is 31.1 Å². The molecule has 0 N–H and O–H groups in total. The number of nitrogens with zero attached hydrogens (tertiary/aromatic N) is 8. The number of aromatic nitrogens is 8. The summed E-state index contributed by atoms with van der Waals surface area (Å²) in [6.07, 6.45) is -4.60. The first kappa shape index (κ1) is 12.2. The molecule has 0 saturated heterocycles. The Morgan fingerprint density at radius 2 is 1.43 bits per heavy atom. The smallest absolute Gasteiger partial charge is 0.187 e. The quantitative estimate of drug-likeness (QED) is 0.487. The van der Waals surface area contributed by atoms with Gasteiger partial charge in [0.05, 0.1) is 21.6 Å². The van der Waals surface area contributed by atoms with E-state index in [1.54, 1.807) is 0 Å². The Bertz CT molecular complexity index is 1000. The monoisotopic (exact) mass is 314 g/mol. The van der Waals surface area contributed by atoms with Gasteiger partial charge >= 0.3 is 6.18 Å². The number of fused-ring (bicyclic) bond motifs is 6. The standard InChI is InChI=1S/C9H2ClF3N8/c10-4-2-6-5(1-3(4)9(11,12)13)20-7(14-16-18-20)8-15-17-19-21(6)8/h1-2H. The Labute approximate surface area is 117 Å². The zero-order chi connectivity index (χ0) is 14.8. The number of alkyl halides is 3.